The average molecular weight is 148 g/mol. The molecule has 0 saturated carbocycles. The number of carbonyl (C=O) groups is 1. The summed E-state index contributed by atoms with van der Waals surface area (Å²) < 4.78 is 0. The van der Waals surface area contributed by atoms with Gasteiger partial charge in [-0.2, -0.15) is 0 Å². The van der Waals surface area contributed by atoms with Crippen LogP contribution in [-0.4, -0.2) is 28.5 Å². The Labute approximate surface area is 74.9 Å². The van der Waals surface area contributed by atoms with Crippen molar-refractivity contribution in [1.29, 1.82) is 0 Å². The molecular weight excluding hydrogens is 139 g/mol. The molecule has 0 bridgehead atoms. The van der Waals surface area contributed by atoms with Crippen LogP contribution in [0.5, 0.6) is 0 Å². The molecule has 0 radical (unpaired) electrons. The van der Waals surface area contributed by atoms with Gasteiger partial charge in [0.25, 0.3) is 0 Å². The molecule has 0 fully saturated rings. The van der Waals surface area contributed by atoms with Crippen molar-refractivity contribution >= 4 is 6.16 Å². The molecule has 0 saturated heterocycles. The van der Waals surface area contributed by atoms with E-state index in [1.54, 1.807) is 6.92 Å². The minimum absolute atomic E-state index is 0. The van der Waals surface area contributed by atoms with E-state index in [4.69, 9.17) is 20.1 Å². The van der Waals surface area contributed by atoms with Crippen LogP contribution in [0, 0.1) is 0 Å². The number of hydrogen-bond acceptors (Lipinski definition) is 3. The summed E-state index contributed by atoms with van der Waals surface area (Å²) in [6, 6.07) is 0. The van der Waals surface area contributed by atoms with Crippen LogP contribution < -0.4 is 34.7 Å². The molecule has 5 nitrogen and oxygen atoms in total. The first kappa shape index (κ1) is 22.9. The van der Waals surface area contributed by atoms with E-state index in [1.165, 1.54) is 0 Å². The maximum atomic E-state index is 8.44. The fraction of sp³-hybridized carbons (Fsp3) is 0.667. The second-order valence-electron chi connectivity index (χ2n) is 0.582. The Balaban J connectivity index is -0.0000000233. The SMILES string of the molecule is CCO.O.O=C([O-])O.[Na+]. The summed E-state index contributed by atoms with van der Waals surface area (Å²) in [5.74, 6) is 0. The monoisotopic (exact) mass is 148 g/mol. The molecule has 0 rings (SSSR count). The van der Waals surface area contributed by atoms with Crippen molar-refractivity contribution in [1.82, 2.24) is 0 Å². The van der Waals surface area contributed by atoms with E-state index < -0.39 is 6.16 Å². The molecule has 0 heterocycles. The quantitative estimate of drug-likeness (QED) is 0.335. The van der Waals surface area contributed by atoms with Gasteiger partial charge in [-0.05, 0) is 6.92 Å². The van der Waals surface area contributed by atoms with Crippen LogP contribution in [0.4, 0.5) is 4.79 Å². The fourth-order valence-corrected chi connectivity index (χ4v) is 0. The van der Waals surface area contributed by atoms with Gasteiger partial charge in [-0.15, -0.1) is 0 Å². The van der Waals surface area contributed by atoms with Crippen molar-refractivity contribution in [2.45, 2.75) is 6.92 Å². The van der Waals surface area contributed by atoms with Crippen molar-refractivity contribution < 1.29 is 55.1 Å². The average Bonchev–Trinajstić information content (AvgIpc) is 1.33. The van der Waals surface area contributed by atoms with E-state index in [0.717, 1.165) is 0 Å². The molecule has 0 spiro atoms. The zero-order valence-electron chi connectivity index (χ0n) is 5.42. The van der Waals surface area contributed by atoms with Crippen molar-refractivity contribution in [2.24, 2.45) is 0 Å². The van der Waals surface area contributed by atoms with E-state index in [-0.39, 0.29) is 41.6 Å². The number of carboxylic acid groups (broad SMARTS) is 2. The Bertz CT molecular complexity index is 43.5. The summed E-state index contributed by atoms with van der Waals surface area (Å²) in [5.41, 5.74) is 0. The van der Waals surface area contributed by atoms with Gasteiger partial charge < -0.3 is 25.6 Å². The zero-order valence-corrected chi connectivity index (χ0v) is 7.42. The molecule has 0 aromatic heterocycles. The molecular formula is C3H9NaO5. The van der Waals surface area contributed by atoms with Crippen molar-refractivity contribution in [2.75, 3.05) is 6.61 Å². The third-order valence-corrected chi connectivity index (χ3v) is 0. The molecule has 4 N–H and O–H groups in total. The summed E-state index contributed by atoms with van der Waals surface area (Å²) in [7, 11) is 0. The number of aliphatic hydroxyl groups is 1. The van der Waals surface area contributed by atoms with E-state index in [2.05, 4.69) is 0 Å². The van der Waals surface area contributed by atoms with Crippen LogP contribution in [-0.2, 0) is 0 Å². The van der Waals surface area contributed by atoms with Crippen molar-refractivity contribution in [3.63, 3.8) is 0 Å². The van der Waals surface area contributed by atoms with E-state index in [1.807, 2.05) is 0 Å². The summed E-state index contributed by atoms with van der Waals surface area (Å²) in [4.78, 5) is 8.44. The molecule has 9 heavy (non-hydrogen) atoms. The molecule has 0 atom stereocenters. The summed E-state index contributed by atoms with van der Waals surface area (Å²) in [6.45, 7) is 1.93. The van der Waals surface area contributed by atoms with Gasteiger partial charge in [-0.25, -0.2) is 0 Å². The minimum Gasteiger partial charge on any atom is -0.565 e. The smallest absolute Gasteiger partial charge is 0.565 e. The van der Waals surface area contributed by atoms with Gasteiger partial charge in [-0.3, -0.25) is 0 Å². The van der Waals surface area contributed by atoms with Gasteiger partial charge in [0.15, 0.2) is 0 Å². The fourth-order valence-electron chi connectivity index (χ4n) is 0. The molecule has 0 aliphatic heterocycles. The predicted octanol–water partition coefficient (Wildman–Crippen LogP) is -4.93. The van der Waals surface area contributed by atoms with Crippen LogP contribution in [0.15, 0.2) is 0 Å². The topological polar surface area (TPSA) is 112 Å². The maximum absolute atomic E-state index is 8.44. The molecule has 0 aliphatic rings. The molecule has 52 valence electrons. The largest absolute Gasteiger partial charge is 1.00 e. The standard InChI is InChI=1S/C2H6O.CH2O3.Na.H2O/c1-2-3;2-1(3)4;;/h3H,2H2,1H3;(H2,2,3,4);;1H2/q;;+1;/p-1. The van der Waals surface area contributed by atoms with Gasteiger partial charge in [-0.1, -0.05) is 0 Å². The Kier molecular flexibility index (Phi) is 61.3. The van der Waals surface area contributed by atoms with E-state index >= 15 is 0 Å². The van der Waals surface area contributed by atoms with Gasteiger partial charge in [0.2, 0.25) is 6.16 Å². The summed E-state index contributed by atoms with van der Waals surface area (Å²) >= 11 is 0. The normalized spacial score (nSPS) is 4.67. The van der Waals surface area contributed by atoms with Crippen molar-refractivity contribution in [3.8, 4) is 0 Å². The summed E-state index contributed by atoms with van der Waals surface area (Å²) in [5, 5.41) is 22.9. The minimum atomic E-state index is -2.08. The van der Waals surface area contributed by atoms with Gasteiger partial charge in [0.05, 0.1) is 0 Å². The Hall–Kier alpha value is 0.190. The Morgan fingerprint density at radius 1 is 1.67 bits per heavy atom. The third kappa shape index (κ3) is 8690. The first-order valence-electron chi connectivity index (χ1n) is 1.66. The van der Waals surface area contributed by atoms with Crippen LogP contribution in [0.1, 0.15) is 6.92 Å². The molecule has 0 aromatic rings. The molecule has 0 amide bonds. The molecule has 0 aromatic carbocycles. The Morgan fingerprint density at radius 2 is 1.67 bits per heavy atom. The number of rotatable bonds is 0. The van der Waals surface area contributed by atoms with Crippen molar-refractivity contribution in [3.05, 3.63) is 0 Å². The maximum Gasteiger partial charge on any atom is 1.00 e. The Morgan fingerprint density at radius 3 is 1.67 bits per heavy atom. The van der Waals surface area contributed by atoms with E-state index in [0.29, 0.717) is 0 Å². The van der Waals surface area contributed by atoms with Crippen LogP contribution in [0.3, 0.4) is 0 Å². The predicted molar refractivity (Wildman–Crippen MR) is 24.4 cm³/mol. The second kappa shape index (κ2) is 24.1. The zero-order chi connectivity index (χ0) is 6.28. The molecule has 0 unspecified atom stereocenters. The van der Waals surface area contributed by atoms with Gasteiger partial charge in [0.1, 0.15) is 0 Å². The first-order valence-corrected chi connectivity index (χ1v) is 1.66. The van der Waals surface area contributed by atoms with E-state index in [9.17, 15) is 0 Å². The van der Waals surface area contributed by atoms with Crippen LogP contribution in [0.2, 0.25) is 0 Å². The van der Waals surface area contributed by atoms with Crippen LogP contribution >= 0.6 is 0 Å². The second-order valence-corrected chi connectivity index (χ2v) is 0.582. The molecule has 6 heteroatoms. The molecule has 0 aliphatic carbocycles. The van der Waals surface area contributed by atoms with Gasteiger partial charge >= 0.3 is 29.6 Å². The number of aliphatic hydroxyl groups excluding tert-OH is 1. The van der Waals surface area contributed by atoms with Gasteiger partial charge in [0, 0.05) is 6.61 Å². The number of hydrogen-bond donors (Lipinski definition) is 2. The summed E-state index contributed by atoms with van der Waals surface area (Å²) in [6.07, 6.45) is -2.08. The first-order chi connectivity index (χ1) is 3.15. The third-order valence-electron chi connectivity index (χ3n) is 0. The van der Waals surface area contributed by atoms with Crippen LogP contribution in [0.25, 0.3) is 0 Å².